The van der Waals surface area contributed by atoms with Gasteiger partial charge in [0.1, 0.15) is 0 Å². The third kappa shape index (κ3) is 1.43. The molecule has 2 saturated heterocycles. The number of carbonyl (C=O) groups is 3. The predicted octanol–water partition coefficient (Wildman–Crippen LogP) is 0.105. The van der Waals surface area contributed by atoms with E-state index >= 15 is 0 Å². The van der Waals surface area contributed by atoms with Gasteiger partial charge in [-0.3, -0.25) is 14.4 Å². The first-order valence-corrected chi connectivity index (χ1v) is 6.65. The molecule has 0 N–H and O–H groups in total. The molecule has 2 aliphatic heterocycles. The minimum atomic E-state index is -0.405. The van der Waals surface area contributed by atoms with E-state index in [9.17, 15) is 14.4 Å². The summed E-state index contributed by atoms with van der Waals surface area (Å²) >= 11 is 0. The Hall–Kier alpha value is -1.43. The lowest BCUT2D eigenvalue weighted by Gasteiger charge is -2.35. The van der Waals surface area contributed by atoms with Gasteiger partial charge in [-0.2, -0.15) is 0 Å². The number of ether oxygens (including phenoxy) is 3. The van der Waals surface area contributed by atoms with Gasteiger partial charge in [0.2, 0.25) is 0 Å². The fraction of sp³-hybridized carbons (Fsp3) is 0.769. The Morgan fingerprint density at radius 3 is 2.32 bits per heavy atom. The fourth-order valence-corrected chi connectivity index (χ4v) is 4.63. The molecule has 6 nitrogen and oxygen atoms in total. The van der Waals surface area contributed by atoms with E-state index < -0.39 is 5.97 Å². The van der Waals surface area contributed by atoms with Gasteiger partial charge in [0.15, 0.2) is 6.79 Å². The van der Waals surface area contributed by atoms with Gasteiger partial charge in [0.05, 0.1) is 18.4 Å². The van der Waals surface area contributed by atoms with Gasteiger partial charge < -0.3 is 14.2 Å². The van der Waals surface area contributed by atoms with Gasteiger partial charge in [0.25, 0.3) is 0 Å². The number of cyclic esters (lactones) is 3. The highest BCUT2D eigenvalue weighted by Crippen LogP contribution is 2.61. The Kier molecular flexibility index (Phi) is 2.27. The maximum Gasteiger partial charge on any atom is 0.317 e. The van der Waals surface area contributed by atoms with Crippen LogP contribution in [0.4, 0.5) is 0 Å². The Balaban J connectivity index is 1.68. The van der Waals surface area contributed by atoms with Crippen LogP contribution in [0.5, 0.6) is 0 Å². The third-order valence-electron chi connectivity index (χ3n) is 5.27. The first kappa shape index (κ1) is 11.4. The van der Waals surface area contributed by atoms with E-state index in [0.29, 0.717) is 13.0 Å². The highest BCUT2D eigenvalue weighted by atomic mass is 16.7. The van der Waals surface area contributed by atoms with Gasteiger partial charge >= 0.3 is 17.9 Å². The molecule has 102 valence electrons. The molecule has 0 radical (unpaired) electrons. The van der Waals surface area contributed by atoms with Crippen molar-refractivity contribution in [2.24, 2.45) is 35.5 Å². The van der Waals surface area contributed by atoms with Crippen LogP contribution in [0.1, 0.15) is 12.8 Å². The maximum absolute atomic E-state index is 11.8. The second-order valence-electron chi connectivity index (χ2n) is 5.89. The van der Waals surface area contributed by atoms with E-state index in [-0.39, 0.29) is 54.2 Å². The maximum atomic E-state index is 11.8. The van der Waals surface area contributed by atoms with Crippen molar-refractivity contribution < 1.29 is 28.6 Å². The molecular weight excluding hydrogens is 252 g/mol. The molecule has 2 bridgehead atoms. The molecule has 2 aliphatic carbocycles. The van der Waals surface area contributed by atoms with E-state index in [4.69, 9.17) is 14.2 Å². The Labute approximate surface area is 109 Å². The SMILES string of the molecule is O=C1CC2C(COCO1)C1CC2C2C(=O)OC(=O)C12. The lowest BCUT2D eigenvalue weighted by molar-refractivity contribution is -0.168. The minimum absolute atomic E-state index is 0.0170. The summed E-state index contributed by atoms with van der Waals surface area (Å²) in [6.07, 6.45) is 1.14. The molecule has 19 heavy (non-hydrogen) atoms. The summed E-state index contributed by atoms with van der Waals surface area (Å²) in [6.45, 7) is 0.473. The van der Waals surface area contributed by atoms with Crippen LogP contribution in [0, 0.1) is 35.5 Å². The molecule has 4 rings (SSSR count). The van der Waals surface area contributed by atoms with E-state index in [2.05, 4.69) is 0 Å². The summed E-state index contributed by atoms with van der Waals surface area (Å²) < 4.78 is 15.0. The number of esters is 3. The molecule has 2 heterocycles. The summed E-state index contributed by atoms with van der Waals surface area (Å²) in [6, 6.07) is 0. The Morgan fingerprint density at radius 2 is 1.58 bits per heavy atom. The highest BCUT2D eigenvalue weighted by molar-refractivity contribution is 5.97. The lowest BCUT2D eigenvalue weighted by Crippen LogP contribution is -2.41. The standard InChI is InChI=1S/C13H14O6/c14-9-2-5-6-1-7(8(5)3-17-4-18-9)11-10(6)12(15)19-13(11)16/h5-8,10-11H,1-4H2. The zero-order chi connectivity index (χ0) is 13.1. The van der Waals surface area contributed by atoms with Crippen molar-refractivity contribution in [3.05, 3.63) is 0 Å². The molecule has 0 amide bonds. The zero-order valence-corrected chi connectivity index (χ0v) is 10.2. The summed E-state index contributed by atoms with van der Waals surface area (Å²) in [4.78, 5) is 35.2. The average Bonchev–Trinajstić information content (AvgIpc) is 2.95. The number of hydrogen-bond acceptors (Lipinski definition) is 6. The zero-order valence-electron chi connectivity index (χ0n) is 10.2. The summed E-state index contributed by atoms with van der Waals surface area (Å²) in [5, 5.41) is 0. The second kappa shape index (κ2) is 3.79. The van der Waals surface area contributed by atoms with Crippen molar-refractivity contribution >= 4 is 17.9 Å². The van der Waals surface area contributed by atoms with Crippen molar-refractivity contribution in [3.8, 4) is 0 Å². The minimum Gasteiger partial charge on any atom is -0.438 e. The monoisotopic (exact) mass is 266 g/mol. The van der Waals surface area contributed by atoms with Crippen LogP contribution in [0.15, 0.2) is 0 Å². The van der Waals surface area contributed by atoms with Crippen LogP contribution in [-0.4, -0.2) is 31.3 Å². The molecule has 4 aliphatic rings. The molecule has 0 aromatic rings. The predicted molar refractivity (Wildman–Crippen MR) is 58.2 cm³/mol. The number of rotatable bonds is 0. The summed E-state index contributed by atoms with van der Waals surface area (Å²) in [5.41, 5.74) is 0. The lowest BCUT2D eigenvalue weighted by atomic mass is 9.68. The number of hydrogen-bond donors (Lipinski definition) is 0. The number of carbonyl (C=O) groups excluding carboxylic acids is 3. The van der Waals surface area contributed by atoms with Crippen molar-refractivity contribution in [1.29, 1.82) is 0 Å². The van der Waals surface area contributed by atoms with Crippen LogP contribution < -0.4 is 0 Å². The summed E-state index contributed by atoms with van der Waals surface area (Å²) in [7, 11) is 0. The normalized spacial score (nSPS) is 48.1. The summed E-state index contributed by atoms with van der Waals surface area (Å²) in [5.74, 6) is -1.30. The molecular formula is C13H14O6. The van der Waals surface area contributed by atoms with Gasteiger partial charge in [-0.1, -0.05) is 0 Å². The molecule has 6 heteroatoms. The third-order valence-corrected chi connectivity index (χ3v) is 5.27. The first-order valence-electron chi connectivity index (χ1n) is 6.65. The van der Waals surface area contributed by atoms with E-state index in [0.717, 1.165) is 6.42 Å². The first-order chi connectivity index (χ1) is 9.16. The van der Waals surface area contributed by atoms with Crippen molar-refractivity contribution in [2.45, 2.75) is 12.8 Å². The van der Waals surface area contributed by atoms with Crippen LogP contribution in [0.2, 0.25) is 0 Å². The van der Waals surface area contributed by atoms with Crippen molar-refractivity contribution in [3.63, 3.8) is 0 Å². The smallest absolute Gasteiger partial charge is 0.317 e. The van der Waals surface area contributed by atoms with Crippen molar-refractivity contribution in [2.75, 3.05) is 13.4 Å². The molecule has 2 saturated carbocycles. The molecule has 4 fully saturated rings. The molecule has 0 spiro atoms. The quantitative estimate of drug-likeness (QED) is 0.457. The van der Waals surface area contributed by atoms with Gasteiger partial charge in [-0.15, -0.1) is 0 Å². The van der Waals surface area contributed by atoms with Crippen molar-refractivity contribution in [1.82, 2.24) is 0 Å². The van der Waals surface area contributed by atoms with Crippen LogP contribution in [0.3, 0.4) is 0 Å². The topological polar surface area (TPSA) is 78.9 Å². The largest absolute Gasteiger partial charge is 0.438 e. The van der Waals surface area contributed by atoms with Crippen LogP contribution >= 0.6 is 0 Å². The Bertz CT molecular complexity index is 472. The highest BCUT2D eigenvalue weighted by Gasteiger charge is 2.66. The molecule has 0 aromatic carbocycles. The van der Waals surface area contributed by atoms with Gasteiger partial charge in [-0.25, -0.2) is 0 Å². The fourth-order valence-electron chi connectivity index (χ4n) is 4.63. The van der Waals surface area contributed by atoms with Gasteiger partial charge in [0, 0.05) is 6.42 Å². The van der Waals surface area contributed by atoms with E-state index in [1.54, 1.807) is 0 Å². The van der Waals surface area contributed by atoms with E-state index in [1.807, 2.05) is 0 Å². The molecule has 6 atom stereocenters. The van der Waals surface area contributed by atoms with E-state index in [1.165, 1.54) is 0 Å². The Morgan fingerprint density at radius 1 is 0.895 bits per heavy atom. The average molecular weight is 266 g/mol. The number of fused-ring (bicyclic) bond motifs is 8. The van der Waals surface area contributed by atoms with Crippen LogP contribution in [0.25, 0.3) is 0 Å². The molecule has 6 unspecified atom stereocenters. The van der Waals surface area contributed by atoms with Crippen LogP contribution in [-0.2, 0) is 28.6 Å². The molecule has 0 aromatic heterocycles. The van der Waals surface area contributed by atoms with Gasteiger partial charge in [-0.05, 0) is 30.1 Å². The second-order valence-corrected chi connectivity index (χ2v) is 5.89.